The number of aryl methyl sites for hydroxylation is 1. The molecule has 16 heteroatoms. The molecule has 0 radical (unpaired) electrons. The Morgan fingerprint density at radius 3 is 1.47 bits per heavy atom. The Labute approximate surface area is 440 Å². The van der Waals surface area contributed by atoms with E-state index in [1.807, 2.05) is 85.8 Å². The summed E-state index contributed by atoms with van der Waals surface area (Å²) in [7, 11) is 3.20. The van der Waals surface area contributed by atoms with Crippen molar-refractivity contribution in [2.75, 3.05) is 24.0 Å². The first-order valence-electron chi connectivity index (χ1n) is 22.5. The Hall–Kier alpha value is -6.31. The topological polar surface area (TPSA) is 104 Å². The van der Waals surface area contributed by atoms with Gasteiger partial charge < -0.3 is 24.4 Å². The van der Waals surface area contributed by atoms with Crippen molar-refractivity contribution >= 4 is 92.1 Å². The molecule has 0 spiro atoms. The number of carbonyl (C=O) groups is 2. The summed E-state index contributed by atoms with van der Waals surface area (Å²) in [6.45, 7) is 2.42. The smallest absolute Gasteiger partial charge is 0.252 e. The van der Waals surface area contributed by atoms with E-state index in [0.29, 0.717) is 61.7 Å². The van der Waals surface area contributed by atoms with Crippen molar-refractivity contribution in [3.05, 3.63) is 221 Å². The van der Waals surface area contributed by atoms with Crippen molar-refractivity contribution in [2.45, 2.75) is 51.5 Å². The van der Waals surface area contributed by atoms with Gasteiger partial charge in [-0.2, -0.15) is 0 Å². The highest BCUT2D eigenvalue weighted by Gasteiger charge is 2.34. The van der Waals surface area contributed by atoms with Crippen LogP contribution in [0, 0.1) is 18.6 Å². The van der Waals surface area contributed by atoms with Crippen molar-refractivity contribution in [1.29, 1.82) is 0 Å². The number of aliphatic hydroxyl groups excluding tert-OH is 1. The third kappa shape index (κ3) is 12.0. The molecule has 2 amide bonds. The zero-order chi connectivity index (χ0) is 51.2. The number of halogens is 7. The van der Waals surface area contributed by atoms with Gasteiger partial charge in [0.2, 0.25) is 0 Å². The second kappa shape index (κ2) is 23.1. The molecule has 368 valence electrons. The summed E-state index contributed by atoms with van der Waals surface area (Å²) in [5.74, 6) is 0.0648. The molecular weight excluding hydrogens is 1020 g/mol. The molecule has 0 aliphatic carbocycles. The van der Waals surface area contributed by atoms with Crippen LogP contribution >= 0.6 is 58.0 Å². The van der Waals surface area contributed by atoms with Gasteiger partial charge in [-0.15, -0.1) is 0 Å². The summed E-state index contributed by atoms with van der Waals surface area (Å²) in [6, 6.07) is 37.7. The van der Waals surface area contributed by atoms with Gasteiger partial charge in [0.1, 0.15) is 40.4 Å². The van der Waals surface area contributed by atoms with E-state index in [4.69, 9.17) is 72.5 Å². The fraction of sp³-hybridized carbons (Fsp3) is 0.179. The number of carbonyl (C=O) groups excluding carboxylic acids is 2. The molecule has 2 atom stereocenters. The van der Waals surface area contributed by atoms with Gasteiger partial charge in [0.15, 0.2) is 0 Å². The average Bonchev–Trinajstić information content (AvgIpc) is 3.53. The number of methoxy groups -OCH3 is 2. The van der Waals surface area contributed by atoms with E-state index in [-0.39, 0.29) is 53.0 Å². The number of ether oxygens (including phenoxy) is 2. The molecular formula is C56H45Cl5F2N4O5. The van der Waals surface area contributed by atoms with Gasteiger partial charge in [-0.3, -0.25) is 19.6 Å². The normalized spacial score (nSPS) is 15.3. The second-order valence-electron chi connectivity index (χ2n) is 17.0. The quantitative estimate of drug-likeness (QED) is 0.131. The van der Waals surface area contributed by atoms with Crippen LogP contribution in [0.2, 0.25) is 20.1 Å². The number of nitrogens with zero attached hydrogens (tertiary/aromatic N) is 4. The standard InChI is InChI=1S/C32H27Cl2FN2O3.C24H18Cl3FN2O2/c1-19-13-22(5-6-23(19)18-38)31-27-15-24(33)8-12-30(27)37(17-20-3-10-26(40-2)11-4-20)32(39)29(36-31)14-21-7-9-25(35)16-28(21)34;1-32-18-7-2-14(3-8-18)13-30-22-9-5-16(25)11-19(22)23(27)29-21(24(30)31)10-15-4-6-17(28)12-20(15)26/h3-13,15-16,29,38H,14,17-18H2,1-2H3;2-9,11-12,21H,10,13H2,1H3. The molecule has 0 bridgehead atoms. The maximum atomic E-state index is 14.3. The zero-order valence-corrected chi connectivity index (χ0v) is 42.8. The van der Waals surface area contributed by atoms with E-state index < -0.39 is 23.7 Å². The van der Waals surface area contributed by atoms with Gasteiger partial charge in [-0.1, -0.05) is 107 Å². The molecule has 0 saturated carbocycles. The van der Waals surface area contributed by atoms with Crippen molar-refractivity contribution in [1.82, 2.24) is 0 Å². The number of hydrogen-bond donors (Lipinski definition) is 1. The van der Waals surface area contributed by atoms with Crippen LogP contribution in [-0.2, 0) is 42.1 Å². The monoisotopic (exact) mass is 1070 g/mol. The van der Waals surface area contributed by atoms with Crippen LogP contribution in [-0.4, -0.2) is 54.1 Å². The number of fused-ring (bicyclic) bond motifs is 2. The molecule has 9 rings (SSSR count). The van der Waals surface area contributed by atoms with Crippen LogP contribution in [0.3, 0.4) is 0 Å². The first-order valence-corrected chi connectivity index (χ1v) is 24.4. The van der Waals surface area contributed by atoms with Gasteiger partial charge in [-0.25, -0.2) is 8.78 Å². The summed E-state index contributed by atoms with van der Waals surface area (Å²) in [4.78, 5) is 40.7. The van der Waals surface area contributed by atoms with Crippen LogP contribution in [0.25, 0.3) is 0 Å². The van der Waals surface area contributed by atoms with Crippen LogP contribution < -0.4 is 19.3 Å². The van der Waals surface area contributed by atoms with Gasteiger partial charge in [0.25, 0.3) is 11.8 Å². The highest BCUT2D eigenvalue weighted by Crippen LogP contribution is 2.36. The maximum absolute atomic E-state index is 14.3. The van der Waals surface area contributed by atoms with E-state index in [2.05, 4.69) is 4.99 Å². The second-order valence-corrected chi connectivity index (χ2v) is 19.0. The van der Waals surface area contributed by atoms with E-state index in [0.717, 1.165) is 33.6 Å². The number of anilines is 2. The molecule has 9 nitrogen and oxygen atoms in total. The molecule has 72 heavy (non-hydrogen) atoms. The fourth-order valence-electron chi connectivity index (χ4n) is 8.44. The van der Waals surface area contributed by atoms with Crippen molar-refractivity contribution in [3.63, 3.8) is 0 Å². The van der Waals surface area contributed by atoms with Crippen LogP contribution in [0.4, 0.5) is 20.2 Å². The molecule has 2 aliphatic rings. The van der Waals surface area contributed by atoms with E-state index >= 15 is 0 Å². The largest absolute Gasteiger partial charge is 0.497 e. The minimum atomic E-state index is -0.847. The Kier molecular flexibility index (Phi) is 16.7. The first kappa shape index (κ1) is 52.0. The molecule has 0 saturated heterocycles. The van der Waals surface area contributed by atoms with E-state index in [1.54, 1.807) is 60.4 Å². The Bertz CT molecular complexity index is 3230. The molecule has 7 aromatic rings. The maximum Gasteiger partial charge on any atom is 0.252 e. The summed E-state index contributed by atoms with van der Waals surface area (Å²) in [5.41, 5.74) is 8.65. The number of aliphatic imine (C=N–C) groups is 2. The SMILES string of the molecule is COc1ccc(CN2C(=O)C(Cc3ccc(F)cc3Cl)N=C(Cl)c3cc(Cl)ccc32)cc1.COc1ccc(CN2C(=O)C(Cc3ccc(F)cc3Cl)N=C(c3ccc(CO)c(C)c3)c3cc(Cl)ccc32)cc1. The lowest BCUT2D eigenvalue weighted by Gasteiger charge is -2.26. The Morgan fingerprint density at radius 1 is 0.556 bits per heavy atom. The number of benzodiazepines with no additional fused rings is 2. The summed E-state index contributed by atoms with van der Waals surface area (Å²) in [5, 5.41) is 11.3. The number of rotatable bonds is 12. The Balaban J connectivity index is 0.000000197. The van der Waals surface area contributed by atoms with E-state index in [9.17, 15) is 23.5 Å². The van der Waals surface area contributed by atoms with Crippen LogP contribution in [0.5, 0.6) is 11.5 Å². The molecule has 1 N–H and O–H groups in total. The van der Waals surface area contributed by atoms with Crippen molar-refractivity contribution < 1.29 is 33.0 Å². The van der Waals surface area contributed by atoms with Crippen LogP contribution in [0.15, 0.2) is 150 Å². The molecule has 0 fully saturated rings. The van der Waals surface area contributed by atoms with Gasteiger partial charge in [-0.05, 0) is 131 Å². The van der Waals surface area contributed by atoms with Crippen molar-refractivity contribution in [2.24, 2.45) is 9.98 Å². The molecule has 2 unspecified atom stereocenters. The van der Waals surface area contributed by atoms with Gasteiger partial charge >= 0.3 is 0 Å². The highest BCUT2D eigenvalue weighted by atomic mass is 35.5. The lowest BCUT2D eigenvalue weighted by Crippen LogP contribution is -2.38. The zero-order valence-electron chi connectivity index (χ0n) is 39.0. The highest BCUT2D eigenvalue weighted by molar-refractivity contribution is 6.70. The predicted octanol–water partition coefficient (Wildman–Crippen LogP) is 13.2. The summed E-state index contributed by atoms with van der Waals surface area (Å²) in [6.07, 6.45) is 0.352. The lowest BCUT2D eigenvalue weighted by atomic mass is 9.96. The summed E-state index contributed by atoms with van der Waals surface area (Å²) >= 11 is 31.8. The molecule has 7 aromatic carbocycles. The number of benzene rings is 7. The fourth-order valence-corrected chi connectivity index (χ4v) is 9.54. The summed E-state index contributed by atoms with van der Waals surface area (Å²) < 4.78 is 37.8. The van der Waals surface area contributed by atoms with E-state index in [1.165, 1.54) is 24.3 Å². The molecule has 2 heterocycles. The number of aliphatic hydroxyl groups is 1. The van der Waals surface area contributed by atoms with Crippen LogP contribution in [0.1, 0.15) is 50.1 Å². The lowest BCUT2D eigenvalue weighted by molar-refractivity contribution is -0.120. The average molecular weight is 1070 g/mol. The minimum absolute atomic E-state index is 0.0825. The number of amides is 2. The van der Waals surface area contributed by atoms with Crippen molar-refractivity contribution in [3.8, 4) is 11.5 Å². The van der Waals surface area contributed by atoms with Gasteiger partial charge in [0.05, 0.1) is 51.0 Å². The molecule has 2 aliphatic heterocycles. The third-order valence-electron chi connectivity index (χ3n) is 12.3. The Morgan fingerprint density at radius 2 is 1.01 bits per heavy atom. The predicted molar refractivity (Wildman–Crippen MR) is 284 cm³/mol. The van der Waals surface area contributed by atoms with Gasteiger partial charge in [0, 0.05) is 49.6 Å². The third-order valence-corrected chi connectivity index (χ3v) is 13.8. The molecule has 0 aromatic heterocycles. The minimum Gasteiger partial charge on any atom is -0.497 e. The number of hydrogen-bond acceptors (Lipinski definition) is 7. The first-order chi connectivity index (χ1) is 34.6.